The predicted molar refractivity (Wildman–Crippen MR) is 92.0 cm³/mol. The Balaban J connectivity index is 1.83. The second-order valence-corrected chi connectivity index (χ2v) is 7.52. The van der Waals surface area contributed by atoms with E-state index in [2.05, 4.69) is 30.0 Å². The maximum absolute atomic E-state index is 6.33. The Morgan fingerprint density at radius 1 is 1.29 bits per heavy atom. The average molecular weight is 315 g/mol. The summed E-state index contributed by atoms with van der Waals surface area (Å²) in [5, 5.41) is 2.01. The Morgan fingerprint density at radius 3 is 2.95 bits per heavy atom. The van der Waals surface area contributed by atoms with Crippen LogP contribution in [0, 0.1) is 0 Å². The lowest BCUT2D eigenvalue weighted by Crippen LogP contribution is -2.29. The number of anilines is 1. The number of nitrogens with two attached hydrogens (primary N) is 1. The number of likely N-dealkylation sites (N-methyl/N-ethyl adjacent to an activating group) is 1. The van der Waals surface area contributed by atoms with E-state index in [9.17, 15) is 0 Å². The van der Waals surface area contributed by atoms with E-state index in [1.165, 1.54) is 20.7 Å². The van der Waals surface area contributed by atoms with E-state index in [1.807, 2.05) is 6.07 Å². The van der Waals surface area contributed by atoms with Crippen LogP contribution < -0.4 is 5.73 Å². The topological polar surface area (TPSA) is 42.1 Å². The van der Waals surface area contributed by atoms with Gasteiger partial charge in [-0.3, -0.25) is 4.90 Å². The van der Waals surface area contributed by atoms with Gasteiger partial charge < -0.3 is 5.73 Å². The molecule has 0 saturated carbocycles. The molecular formula is C16H17N3S2. The Hall–Kier alpha value is -1.43. The third kappa shape index (κ3) is 2.16. The lowest BCUT2D eigenvalue weighted by Gasteiger charge is -2.25. The Kier molecular flexibility index (Phi) is 3.21. The molecule has 108 valence electrons. The van der Waals surface area contributed by atoms with Crippen molar-refractivity contribution in [3.63, 3.8) is 0 Å². The van der Waals surface area contributed by atoms with Crippen molar-refractivity contribution < 1.29 is 0 Å². The summed E-state index contributed by atoms with van der Waals surface area (Å²) >= 11 is 3.49. The Bertz CT molecular complexity index is 770. The van der Waals surface area contributed by atoms with E-state index < -0.39 is 0 Å². The van der Waals surface area contributed by atoms with Gasteiger partial charge in [-0.25, -0.2) is 4.98 Å². The van der Waals surface area contributed by atoms with Gasteiger partial charge in [0, 0.05) is 23.5 Å². The highest BCUT2D eigenvalue weighted by Gasteiger charge is 2.25. The van der Waals surface area contributed by atoms with E-state index in [0.29, 0.717) is 0 Å². The number of nitrogens with zero attached hydrogens (tertiary/aromatic N) is 2. The van der Waals surface area contributed by atoms with Gasteiger partial charge in [0.15, 0.2) is 0 Å². The molecule has 5 heteroatoms. The average Bonchev–Trinajstić information content (AvgIpc) is 3.05. The van der Waals surface area contributed by atoms with Gasteiger partial charge in [-0.15, -0.1) is 22.7 Å². The van der Waals surface area contributed by atoms with Crippen LogP contribution in [0.5, 0.6) is 0 Å². The second kappa shape index (κ2) is 5.09. The van der Waals surface area contributed by atoms with Gasteiger partial charge in [0.25, 0.3) is 0 Å². The number of para-hydroxylation sites is 1. The highest BCUT2D eigenvalue weighted by atomic mass is 32.1. The highest BCUT2D eigenvalue weighted by molar-refractivity contribution is 7.22. The first-order valence-electron chi connectivity index (χ1n) is 7.24. The van der Waals surface area contributed by atoms with Crippen LogP contribution in [0.2, 0.25) is 0 Å². The Morgan fingerprint density at radius 2 is 2.14 bits per heavy atom. The standard InChI is InChI=1S/C16H17N3S2/c1-2-19-8-7-10-13(9-19)20-15(17)14(10)16-18-11-5-3-4-6-12(11)21-16/h3-6H,2,7-9,17H2,1H3. The number of fused-ring (bicyclic) bond motifs is 2. The summed E-state index contributed by atoms with van der Waals surface area (Å²) in [7, 11) is 0. The summed E-state index contributed by atoms with van der Waals surface area (Å²) in [5.41, 5.74) is 10.0. The fourth-order valence-electron chi connectivity index (χ4n) is 2.96. The molecule has 0 spiro atoms. The molecule has 1 aromatic carbocycles. The molecule has 0 fully saturated rings. The minimum absolute atomic E-state index is 0.928. The number of hydrogen-bond acceptors (Lipinski definition) is 5. The van der Waals surface area contributed by atoms with Gasteiger partial charge >= 0.3 is 0 Å². The van der Waals surface area contributed by atoms with Gasteiger partial charge in [0.1, 0.15) is 5.01 Å². The molecule has 0 amide bonds. The van der Waals surface area contributed by atoms with Gasteiger partial charge in [0.2, 0.25) is 0 Å². The van der Waals surface area contributed by atoms with Crippen molar-refractivity contribution in [1.29, 1.82) is 0 Å². The first-order valence-corrected chi connectivity index (χ1v) is 8.88. The largest absolute Gasteiger partial charge is 0.390 e. The molecule has 0 radical (unpaired) electrons. The second-order valence-electron chi connectivity index (χ2n) is 5.35. The lowest BCUT2D eigenvalue weighted by atomic mass is 10.0. The molecule has 0 atom stereocenters. The zero-order chi connectivity index (χ0) is 14.4. The molecule has 0 saturated heterocycles. The summed E-state index contributed by atoms with van der Waals surface area (Å²) in [6.45, 7) is 5.48. The molecule has 2 N–H and O–H groups in total. The van der Waals surface area contributed by atoms with Crippen LogP contribution in [-0.4, -0.2) is 23.0 Å². The van der Waals surface area contributed by atoms with Gasteiger partial charge in [-0.05, 0) is 30.7 Å². The quantitative estimate of drug-likeness (QED) is 0.777. The zero-order valence-electron chi connectivity index (χ0n) is 11.9. The van der Waals surface area contributed by atoms with E-state index in [-0.39, 0.29) is 0 Å². The normalized spacial score (nSPS) is 15.5. The van der Waals surface area contributed by atoms with Crippen molar-refractivity contribution in [3.8, 4) is 10.6 Å². The molecule has 0 unspecified atom stereocenters. The maximum Gasteiger partial charge on any atom is 0.127 e. The van der Waals surface area contributed by atoms with Crippen molar-refractivity contribution in [1.82, 2.24) is 9.88 Å². The van der Waals surface area contributed by atoms with Crippen LogP contribution in [0.1, 0.15) is 17.4 Å². The molecule has 2 aromatic heterocycles. The molecule has 4 rings (SSSR count). The summed E-state index contributed by atoms with van der Waals surface area (Å²) in [6.07, 6.45) is 1.09. The minimum atomic E-state index is 0.928. The molecule has 1 aliphatic heterocycles. The van der Waals surface area contributed by atoms with Crippen LogP contribution in [0.3, 0.4) is 0 Å². The number of hydrogen-bond donors (Lipinski definition) is 1. The van der Waals surface area contributed by atoms with E-state index in [1.54, 1.807) is 22.7 Å². The highest BCUT2D eigenvalue weighted by Crippen LogP contribution is 2.43. The van der Waals surface area contributed by atoms with E-state index >= 15 is 0 Å². The predicted octanol–water partition coefficient (Wildman–Crippen LogP) is 3.99. The van der Waals surface area contributed by atoms with Crippen molar-refractivity contribution >= 4 is 37.9 Å². The zero-order valence-corrected chi connectivity index (χ0v) is 13.6. The third-order valence-corrected chi connectivity index (χ3v) is 6.22. The first-order chi connectivity index (χ1) is 10.3. The molecule has 0 bridgehead atoms. The number of thiazole rings is 1. The number of nitrogen functional groups attached to an aromatic ring is 1. The van der Waals surface area contributed by atoms with Gasteiger partial charge in [-0.1, -0.05) is 19.1 Å². The van der Waals surface area contributed by atoms with Gasteiger partial charge in [0.05, 0.1) is 15.2 Å². The molecule has 3 aromatic rings. The number of aromatic nitrogens is 1. The fourth-order valence-corrected chi connectivity index (χ4v) is 5.24. The number of rotatable bonds is 2. The van der Waals surface area contributed by atoms with E-state index in [0.717, 1.165) is 41.6 Å². The molecule has 3 nitrogen and oxygen atoms in total. The summed E-state index contributed by atoms with van der Waals surface area (Å²) < 4.78 is 1.23. The summed E-state index contributed by atoms with van der Waals surface area (Å²) in [5.74, 6) is 0. The molecule has 1 aliphatic rings. The van der Waals surface area contributed by atoms with Crippen molar-refractivity contribution in [2.24, 2.45) is 0 Å². The third-order valence-electron chi connectivity index (χ3n) is 4.12. The van der Waals surface area contributed by atoms with Crippen molar-refractivity contribution in [2.45, 2.75) is 19.9 Å². The molecule has 3 heterocycles. The van der Waals surface area contributed by atoms with E-state index in [4.69, 9.17) is 10.7 Å². The van der Waals surface area contributed by atoms with Crippen LogP contribution in [0.25, 0.3) is 20.8 Å². The van der Waals surface area contributed by atoms with Crippen LogP contribution >= 0.6 is 22.7 Å². The lowest BCUT2D eigenvalue weighted by molar-refractivity contribution is 0.272. The first kappa shape index (κ1) is 13.2. The monoisotopic (exact) mass is 315 g/mol. The maximum atomic E-state index is 6.33. The van der Waals surface area contributed by atoms with Crippen LogP contribution in [-0.2, 0) is 13.0 Å². The SMILES string of the molecule is CCN1CCc2c(sc(N)c2-c2nc3ccccc3s2)C1. The van der Waals surface area contributed by atoms with Gasteiger partial charge in [-0.2, -0.15) is 0 Å². The van der Waals surface area contributed by atoms with Crippen molar-refractivity contribution in [2.75, 3.05) is 18.8 Å². The van der Waals surface area contributed by atoms with Crippen molar-refractivity contribution in [3.05, 3.63) is 34.7 Å². The smallest absolute Gasteiger partial charge is 0.127 e. The Labute approximate surface area is 132 Å². The molecular weight excluding hydrogens is 298 g/mol. The number of benzene rings is 1. The fraction of sp³-hybridized carbons (Fsp3) is 0.312. The molecule has 21 heavy (non-hydrogen) atoms. The summed E-state index contributed by atoms with van der Waals surface area (Å²) in [6, 6.07) is 8.31. The van der Waals surface area contributed by atoms with Crippen LogP contribution in [0.15, 0.2) is 24.3 Å². The number of thiophene rings is 1. The van der Waals surface area contributed by atoms with Crippen LogP contribution in [0.4, 0.5) is 5.00 Å². The molecule has 0 aliphatic carbocycles. The minimum Gasteiger partial charge on any atom is -0.390 e. The summed E-state index contributed by atoms with van der Waals surface area (Å²) in [4.78, 5) is 8.69.